The maximum atomic E-state index is 5.57. The molecule has 84 valence electrons. The molecule has 5 nitrogen and oxygen atoms in total. The van der Waals surface area contributed by atoms with Gasteiger partial charge < -0.3 is 10.5 Å². The Kier molecular flexibility index (Phi) is 3.58. The maximum Gasteiger partial charge on any atom is 0.322 e. The van der Waals surface area contributed by atoms with Gasteiger partial charge in [0.25, 0.3) is 0 Å². The van der Waals surface area contributed by atoms with E-state index in [1.54, 1.807) is 11.3 Å². The zero-order chi connectivity index (χ0) is 11.4. The SMILES string of the molecule is CCOc1nc(N)nc(Sc2cccs2)n1. The summed E-state index contributed by atoms with van der Waals surface area (Å²) < 4.78 is 6.30. The van der Waals surface area contributed by atoms with Gasteiger partial charge >= 0.3 is 6.01 Å². The van der Waals surface area contributed by atoms with E-state index in [-0.39, 0.29) is 12.0 Å². The molecule has 2 aromatic heterocycles. The fourth-order valence-corrected chi connectivity index (χ4v) is 2.62. The first-order valence-electron chi connectivity index (χ1n) is 4.63. The monoisotopic (exact) mass is 254 g/mol. The van der Waals surface area contributed by atoms with Gasteiger partial charge in [-0.3, -0.25) is 0 Å². The summed E-state index contributed by atoms with van der Waals surface area (Å²) in [6, 6.07) is 4.24. The van der Waals surface area contributed by atoms with Gasteiger partial charge in [-0.1, -0.05) is 6.07 Å². The summed E-state index contributed by atoms with van der Waals surface area (Å²) in [6.45, 7) is 2.37. The van der Waals surface area contributed by atoms with E-state index in [2.05, 4.69) is 15.0 Å². The number of rotatable bonds is 4. The van der Waals surface area contributed by atoms with Gasteiger partial charge in [0, 0.05) is 0 Å². The number of anilines is 1. The van der Waals surface area contributed by atoms with Crippen LogP contribution in [0.4, 0.5) is 5.95 Å². The molecule has 0 aliphatic rings. The van der Waals surface area contributed by atoms with E-state index in [1.807, 2.05) is 24.4 Å². The molecular formula is C9H10N4OS2. The largest absolute Gasteiger partial charge is 0.464 e. The highest BCUT2D eigenvalue weighted by Gasteiger charge is 2.07. The van der Waals surface area contributed by atoms with Crippen LogP contribution in [-0.4, -0.2) is 21.6 Å². The van der Waals surface area contributed by atoms with Crippen molar-refractivity contribution in [3.63, 3.8) is 0 Å². The fraction of sp³-hybridized carbons (Fsp3) is 0.222. The van der Waals surface area contributed by atoms with Crippen molar-refractivity contribution in [3.05, 3.63) is 17.5 Å². The average molecular weight is 254 g/mol. The molecule has 0 saturated carbocycles. The summed E-state index contributed by atoms with van der Waals surface area (Å²) in [7, 11) is 0. The zero-order valence-corrected chi connectivity index (χ0v) is 10.2. The molecule has 7 heteroatoms. The van der Waals surface area contributed by atoms with Crippen molar-refractivity contribution in [2.75, 3.05) is 12.3 Å². The van der Waals surface area contributed by atoms with E-state index in [4.69, 9.17) is 10.5 Å². The second-order valence-electron chi connectivity index (χ2n) is 2.73. The molecule has 0 aliphatic carbocycles. The molecule has 2 N–H and O–H groups in total. The molecule has 2 rings (SSSR count). The van der Waals surface area contributed by atoms with Crippen LogP contribution >= 0.6 is 23.1 Å². The number of thiophene rings is 1. The minimum atomic E-state index is 0.178. The van der Waals surface area contributed by atoms with E-state index >= 15 is 0 Å². The van der Waals surface area contributed by atoms with Crippen LogP contribution in [0.3, 0.4) is 0 Å². The first kappa shape index (κ1) is 11.2. The van der Waals surface area contributed by atoms with Crippen LogP contribution in [0.2, 0.25) is 0 Å². The van der Waals surface area contributed by atoms with E-state index in [9.17, 15) is 0 Å². The van der Waals surface area contributed by atoms with Gasteiger partial charge in [0.05, 0.1) is 10.8 Å². The highest BCUT2D eigenvalue weighted by molar-refractivity contribution is 8.01. The molecule has 0 radical (unpaired) electrons. The number of aromatic nitrogens is 3. The number of nitrogen functional groups attached to an aromatic ring is 1. The van der Waals surface area contributed by atoms with E-state index in [0.29, 0.717) is 11.8 Å². The van der Waals surface area contributed by atoms with Gasteiger partial charge in [-0.25, -0.2) is 0 Å². The highest BCUT2D eigenvalue weighted by atomic mass is 32.2. The molecule has 16 heavy (non-hydrogen) atoms. The molecule has 0 fully saturated rings. The molecule has 0 amide bonds. The first-order valence-corrected chi connectivity index (χ1v) is 6.33. The van der Waals surface area contributed by atoms with E-state index < -0.39 is 0 Å². The normalized spacial score (nSPS) is 10.3. The van der Waals surface area contributed by atoms with Crippen LogP contribution in [0.1, 0.15) is 6.92 Å². The van der Waals surface area contributed by atoms with Crippen LogP contribution in [-0.2, 0) is 0 Å². The summed E-state index contributed by atoms with van der Waals surface area (Å²) in [5.41, 5.74) is 5.57. The van der Waals surface area contributed by atoms with Gasteiger partial charge in [-0.15, -0.1) is 11.3 Å². The Labute approximate surface area is 101 Å². The van der Waals surface area contributed by atoms with Crippen LogP contribution in [0.15, 0.2) is 26.9 Å². The third-order valence-electron chi connectivity index (χ3n) is 1.57. The van der Waals surface area contributed by atoms with E-state index in [1.165, 1.54) is 11.8 Å². The molecular weight excluding hydrogens is 244 g/mol. The Hall–Kier alpha value is -1.34. The third-order valence-corrected chi connectivity index (χ3v) is 3.47. The molecule has 0 spiro atoms. The summed E-state index contributed by atoms with van der Waals surface area (Å²) >= 11 is 3.07. The molecule has 0 atom stereocenters. The molecule has 0 aromatic carbocycles. The number of nitrogens with two attached hydrogens (primary N) is 1. The number of hydrogen-bond acceptors (Lipinski definition) is 7. The molecule has 0 unspecified atom stereocenters. The van der Waals surface area contributed by atoms with Crippen LogP contribution < -0.4 is 10.5 Å². The summed E-state index contributed by atoms with van der Waals surface area (Å²) in [6.07, 6.45) is 0. The summed E-state index contributed by atoms with van der Waals surface area (Å²) in [5.74, 6) is 0.178. The Morgan fingerprint density at radius 1 is 1.44 bits per heavy atom. The fourth-order valence-electron chi connectivity index (χ4n) is 1.00. The molecule has 0 saturated heterocycles. The molecule has 0 bridgehead atoms. The lowest BCUT2D eigenvalue weighted by Gasteiger charge is -2.03. The van der Waals surface area contributed by atoms with Crippen LogP contribution in [0.25, 0.3) is 0 Å². The van der Waals surface area contributed by atoms with Gasteiger partial charge in [-0.05, 0) is 30.1 Å². The van der Waals surface area contributed by atoms with Crippen LogP contribution in [0, 0.1) is 0 Å². The topological polar surface area (TPSA) is 73.9 Å². The van der Waals surface area contributed by atoms with Crippen molar-refractivity contribution in [2.45, 2.75) is 16.3 Å². The maximum absolute atomic E-state index is 5.57. The average Bonchev–Trinajstić information content (AvgIpc) is 2.70. The second kappa shape index (κ2) is 5.13. The Morgan fingerprint density at radius 2 is 2.31 bits per heavy atom. The van der Waals surface area contributed by atoms with Crippen LogP contribution in [0.5, 0.6) is 6.01 Å². The quantitative estimate of drug-likeness (QED) is 0.900. The minimum absolute atomic E-state index is 0.178. The number of hydrogen-bond donors (Lipinski definition) is 1. The standard InChI is InChI=1S/C9H10N4OS2/c1-2-14-8-11-7(10)12-9(13-8)16-6-4-3-5-15-6/h3-5H,2H2,1H3,(H2,10,11,12,13). The number of nitrogens with zero attached hydrogens (tertiary/aromatic N) is 3. The second-order valence-corrected chi connectivity index (χ2v) is 4.94. The van der Waals surface area contributed by atoms with Crippen molar-refractivity contribution in [2.24, 2.45) is 0 Å². The highest BCUT2D eigenvalue weighted by Crippen LogP contribution is 2.29. The van der Waals surface area contributed by atoms with Gasteiger partial charge in [0.2, 0.25) is 11.1 Å². The van der Waals surface area contributed by atoms with Crippen molar-refractivity contribution in [1.29, 1.82) is 0 Å². The lowest BCUT2D eigenvalue weighted by molar-refractivity contribution is 0.308. The number of ether oxygens (including phenoxy) is 1. The van der Waals surface area contributed by atoms with Gasteiger partial charge in [0.1, 0.15) is 0 Å². The molecule has 0 aliphatic heterocycles. The third kappa shape index (κ3) is 2.83. The zero-order valence-electron chi connectivity index (χ0n) is 8.58. The van der Waals surface area contributed by atoms with Crippen molar-refractivity contribution in [3.8, 4) is 6.01 Å². The Balaban J connectivity index is 2.20. The lowest BCUT2D eigenvalue weighted by atomic mass is 10.7. The minimum Gasteiger partial charge on any atom is -0.464 e. The Morgan fingerprint density at radius 3 is 3.00 bits per heavy atom. The smallest absolute Gasteiger partial charge is 0.322 e. The summed E-state index contributed by atoms with van der Waals surface area (Å²) in [5, 5.41) is 2.55. The summed E-state index contributed by atoms with van der Waals surface area (Å²) in [4.78, 5) is 12.1. The molecule has 2 aromatic rings. The van der Waals surface area contributed by atoms with Crippen molar-refractivity contribution < 1.29 is 4.74 Å². The van der Waals surface area contributed by atoms with Crippen molar-refractivity contribution >= 4 is 29.0 Å². The predicted octanol–water partition coefficient (Wildman–Crippen LogP) is 2.07. The van der Waals surface area contributed by atoms with Gasteiger partial charge in [-0.2, -0.15) is 15.0 Å². The lowest BCUT2D eigenvalue weighted by Crippen LogP contribution is -2.04. The molecule has 2 heterocycles. The van der Waals surface area contributed by atoms with Gasteiger partial charge in [0.15, 0.2) is 0 Å². The predicted molar refractivity (Wildman–Crippen MR) is 63.9 cm³/mol. The first-order chi connectivity index (χ1) is 7.78. The van der Waals surface area contributed by atoms with E-state index in [0.717, 1.165) is 4.21 Å². The van der Waals surface area contributed by atoms with Crippen molar-refractivity contribution in [1.82, 2.24) is 15.0 Å². The Bertz CT molecular complexity index is 461.